The van der Waals surface area contributed by atoms with Crippen molar-refractivity contribution in [3.63, 3.8) is 0 Å². The van der Waals surface area contributed by atoms with Gasteiger partial charge in [-0.2, -0.15) is 4.98 Å². The molecule has 31 heavy (non-hydrogen) atoms. The Hall–Kier alpha value is -3.13. The SMILES string of the molecule is O=C(Nc1ccc(F)c(Cl)c1)N1CCN(c2ccc(-c3noc(C4CC4)n3)cc2)CC1. The number of carbonyl (C=O) groups is 1. The van der Waals surface area contributed by atoms with Crippen molar-refractivity contribution >= 4 is 29.0 Å². The summed E-state index contributed by atoms with van der Waals surface area (Å²) in [7, 11) is 0. The maximum atomic E-state index is 13.3. The summed E-state index contributed by atoms with van der Waals surface area (Å²) in [5.74, 6) is 1.28. The zero-order chi connectivity index (χ0) is 21.4. The first kappa shape index (κ1) is 19.8. The van der Waals surface area contributed by atoms with Crippen LogP contribution in [0.3, 0.4) is 0 Å². The highest BCUT2D eigenvalue weighted by atomic mass is 35.5. The number of carbonyl (C=O) groups excluding carboxylic acids is 1. The number of hydrogen-bond donors (Lipinski definition) is 1. The molecule has 1 N–H and O–H groups in total. The number of amides is 2. The number of nitrogens with zero attached hydrogens (tertiary/aromatic N) is 4. The molecule has 7 nitrogen and oxygen atoms in total. The fourth-order valence-electron chi connectivity index (χ4n) is 3.61. The van der Waals surface area contributed by atoms with Crippen LogP contribution in [0.15, 0.2) is 47.0 Å². The summed E-state index contributed by atoms with van der Waals surface area (Å²) >= 11 is 5.78. The first-order valence-electron chi connectivity index (χ1n) is 10.3. The molecule has 9 heteroatoms. The van der Waals surface area contributed by atoms with Crippen LogP contribution in [0.25, 0.3) is 11.4 Å². The Morgan fingerprint density at radius 1 is 1.10 bits per heavy atom. The van der Waals surface area contributed by atoms with Gasteiger partial charge in [0.05, 0.1) is 5.02 Å². The minimum absolute atomic E-state index is 0.0179. The van der Waals surface area contributed by atoms with Gasteiger partial charge in [-0.05, 0) is 55.3 Å². The number of nitrogens with one attached hydrogen (secondary N) is 1. The van der Waals surface area contributed by atoms with E-state index in [1.165, 1.54) is 18.2 Å². The topological polar surface area (TPSA) is 74.5 Å². The Morgan fingerprint density at radius 3 is 2.52 bits per heavy atom. The minimum atomic E-state index is -0.512. The minimum Gasteiger partial charge on any atom is -0.368 e. The predicted octanol–water partition coefficient (Wildman–Crippen LogP) is 4.76. The Kier molecular flexibility index (Phi) is 5.23. The number of urea groups is 1. The van der Waals surface area contributed by atoms with Crippen molar-refractivity contribution in [3.05, 3.63) is 59.2 Å². The van der Waals surface area contributed by atoms with Gasteiger partial charge in [-0.15, -0.1) is 0 Å². The average Bonchev–Trinajstić information content (AvgIpc) is 3.53. The molecule has 1 saturated heterocycles. The summed E-state index contributed by atoms with van der Waals surface area (Å²) in [4.78, 5) is 21.0. The van der Waals surface area contributed by atoms with Crippen molar-refractivity contribution in [2.24, 2.45) is 0 Å². The lowest BCUT2D eigenvalue weighted by molar-refractivity contribution is 0.208. The van der Waals surface area contributed by atoms with Gasteiger partial charge in [0, 0.05) is 49.0 Å². The van der Waals surface area contributed by atoms with Crippen LogP contribution < -0.4 is 10.2 Å². The molecule has 1 saturated carbocycles. The summed E-state index contributed by atoms with van der Waals surface area (Å²) in [5.41, 5.74) is 2.48. The van der Waals surface area contributed by atoms with E-state index in [0.717, 1.165) is 30.0 Å². The maximum absolute atomic E-state index is 13.3. The van der Waals surface area contributed by atoms with E-state index in [1.807, 2.05) is 24.3 Å². The molecule has 0 unspecified atom stereocenters. The molecule has 0 radical (unpaired) electrons. The second-order valence-electron chi connectivity index (χ2n) is 7.81. The number of benzene rings is 2. The molecule has 5 rings (SSSR count). The molecular weight excluding hydrogens is 421 g/mol. The van der Waals surface area contributed by atoms with E-state index in [0.29, 0.717) is 43.6 Å². The van der Waals surface area contributed by atoms with Crippen LogP contribution in [-0.2, 0) is 0 Å². The molecule has 1 aromatic heterocycles. The molecular formula is C22H21ClFN5O2. The zero-order valence-electron chi connectivity index (χ0n) is 16.7. The van der Waals surface area contributed by atoms with E-state index in [9.17, 15) is 9.18 Å². The van der Waals surface area contributed by atoms with Gasteiger partial charge in [-0.25, -0.2) is 9.18 Å². The molecule has 0 spiro atoms. The number of aromatic nitrogens is 2. The summed E-state index contributed by atoms with van der Waals surface area (Å²) in [5, 5.41) is 6.83. The number of halogens is 2. The maximum Gasteiger partial charge on any atom is 0.321 e. The largest absolute Gasteiger partial charge is 0.368 e. The molecule has 2 aliphatic rings. The second kappa shape index (κ2) is 8.19. The molecule has 0 atom stereocenters. The van der Waals surface area contributed by atoms with Gasteiger partial charge >= 0.3 is 6.03 Å². The van der Waals surface area contributed by atoms with Crippen molar-refractivity contribution in [2.45, 2.75) is 18.8 Å². The van der Waals surface area contributed by atoms with Crippen LogP contribution in [-0.4, -0.2) is 47.3 Å². The molecule has 2 aromatic carbocycles. The van der Waals surface area contributed by atoms with Crippen LogP contribution in [0.2, 0.25) is 5.02 Å². The van der Waals surface area contributed by atoms with E-state index in [2.05, 4.69) is 20.4 Å². The van der Waals surface area contributed by atoms with E-state index >= 15 is 0 Å². The van der Waals surface area contributed by atoms with E-state index in [1.54, 1.807) is 4.90 Å². The van der Waals surface area contributed by atoms with E-state index < -0.39 is 5.82 Å². The molecule has 3 aromatic rings. The highest BCUT2D eigenvalue weighted by Crippen LogP contribution is 2.39. The Balaban J connectivity index is 1.17. The monoisotopic (exact) mass is 441 g/mol. The van der Waals surface area contributed by atoms with Gasteiger partial charge in [-0.1, -0.05) is 16.8 Å². The Morgan fingerprint density at radius 2 is 1.84 bits per heavy atom. The van der Waals surface area contributed by atoms with Crippen LogP contribution in [0, 0.1) is 5.82 Å². The summed E-state index contributed by atoms with van der Waals surface area (Å²) in [6.07, 6.45) is 2.25. The number of rotatable bonds is 4. The first-order valence-corrected chi connectivity index (χ1v) is 10.6. The summed E-state index contributed by atoms with van der Waals surface area (Å²) in [6.45, 7) is 2.59. The number of anilines is 2. The van der Waals surface area contributed by atoms with Gasteiger partial charge in [0.2, 0.25) is 11.7 Å². The van der Waals surface area contributed by atoms with Crippen LogP contribution in [0.4, 0.5) is 20.6 Å². The Labute approximate surface area is 183 Å². The second-order valence-corrected chi connectivity index (χ2v) is 8.22. The van der Waals surface area contributed by atoms with Gasteiger partial charge in [0.15, 0.2) is 0 Å². The fourth-order valence-corrected chi connectivity index (χ4v) is 3.79. The molecule has 2 fully saturated rings. The Bertz CT molecular complexity index is 1090. The molecule has 2 heterocycles. The number of hydrogen-bond acceptors (Lipinski definition) is 5. The molecule has 0 bridgehead atoms. The van der Waals surface area contributed by atoms with Crippen molar-refractivity contribution in [3.8, 4) is 11.4 Å². The first-order chi connectivity index (χ1) is 15.1. The molecule has 1 aliphatic carbocycles. The van der Waals surface area contributed by atoms with Gasteiger partial charge in [0.25, 0.3) is 0 Å². The van der Waals surface area contributed by atoms with E-state index in [4.69, 9.17) is 16.1 Å². The highest BCUT2D eigenvalue weighted by Gasteiger charge is 2.29. The summed E-state index contributed by atoms with van der Waals surface area (Å²) in [6, 6.07) is 12.0. The van der Waals surface area contributed by atoms with Crippen molar-refractivity contribution in [1.29, 1.82) is 0 Å². The lowest BCUT2D eigenvalue weighted by Crippen LogP contribution is -2.50. The lowest BCUT2D eigenvalue weighted by Gasteiger charge is -2.36. The molecule has 1 aliphatic heterocycles. The zero-order valence-corrected chi connectivity index (χ0v) is 17.5. The van der Waals surface area contributed by atoms with Crippen LogP contribution in [0.5, 0.6) is 0 Å². The smallest absolute Gasteiger partial charge is 0.321 e. The van der Waals surface area contributed by atoms with Crippen LogP contribution in [0.1, 0.15) is 24.7 Å². The number of piperazine rings is 1. The highest BCUT2D eigenvalue weighted by molar-refractivity contribution is 6.31. The quantitative estimate of drug-likeness (QED) is 0.631. The molecule has 160 valence electrons. The summed E-state index contributed by atoms with van der Waals surface area (Å²) < 4.78 is 18.6. The van der Waals surface area contributed by atoms with Gasteiger partial charge in [0.1, 0.15) is 5.82 Å². The third-order valence-electron chi connectivity index (χ3n) is 5.60. The van der Waals surface area contributed by atoms with Crippen molar-refractivity contribution < 1.29 is 13.7 Å². The van der Waals surface area contributed by atoms with E-state index in [-0.39, 0.29) is 11.1 Å². The fraction of sp³-hybridized carbons (Fsp3) is 0.318. The molecule has 2 amide bonds. The third-order valence-corrected chi connectivity index (χ3v) is 5.89. The standard InChI is InChI=1S/C22H21ClFN5O2/c23-18-13-16(5-8-19(18)24)25-22(30)29-11-9-28(10-12-29)17-6-3-14(4-7-17)20-26-21(31-27-20)15-1-2-15/h3-8,13,15H,1-2,9-12H2,(H,25,30). The van der Waals surface area contributed by atoms with Crippen molar-refractivity contribution in [2.75, 3.05) is 36.4 Å². The average molecular weight is 442 g/mol. The normalized spacial score (nSPS) is 16.5. The lowest BCUT2D eigenvalue weighted by atomic mass is 10.1. The third kappa shape index (κ3) is 4.34. The van der Waals surface area contributed by atoms with Crippen LogP contribution >= 0.6 is 11.6 Å². The predicted molar refractivity (Wildman–Crippen MR) is 116 cm³/mol. The van der Waals surface area contributed by atoms with Crippen molar-refractivity contribution in [1.82, 2.24) is 15.0 Å². The van der Waals surface area contributed by atoms with Gasteiger partial charge in [-0.3, -0.25) is 0 Å². The van der Waals surface area contributed by atoms with Gasteiger partial charge < -0.3 is 19.6 Å².